The van der Waals surface area contributed by atoms with Crippen molar-refractivity contribution in [2.24, 2.45) is 7.05 Å². The topological polar surface area (TPSA) is 96.6 Å². The number of anilines is 1. The van der Waals surface area contributed by atoms with E-state index in [0.717, 1.165) is 10.9 Å². The van der Waals surface area contributed by atoms with Crippen LogP contribution in [0.2, 0.25) is 5.02 Å². The average Bonchev–Trinajstić information content (AvgIpc) is 3.21. The molecule has 0 atom stereocenters. The number of benzene rings is 3. The van der Waals surface area contributed by atoms with Gasteiger partial charge in [0.1, 0.15) is 11.3 Å². The fraction of sp³-hybridized carbons (Fsp3) is 0.148. The van der Waals surface area contributed by atoms with Crippen LogP contribution >= 0.6 is 11.6 Å². The number of methoxy groups -OCH3 is 3. The number of nitrogens with zero attached hydrogens (tertiary/aromatic N) is 3. The summed E-state index contributed by atoms with van der Waals surface area (Å²) in [7, 11) is 6.34. The number of hydrogen-bond acceptors (Lipinski definition) is 6. The molecule has 5 aromatic rings. The van der Waals surface area contributed by atoms with E-state index in [0.29, 0.717) is 44.5 Å². The second kappa shape index (κ2) is 9.51. The lowest BCUT2D eigenvalue weighted by Gasteiger charge is -2.13. The molecule has 1 N–H and O–H groups in total. The highest BCUT2D eigenvalue weighted by Crippen LogP contribution is 2.32. The van der Waals surface area contributed by atoms with Gasteiger partial charge in [0.05, 0.1) is 32.0 Å². The van der Waals surface area contributed by atoms with Crippen LogP contribution in [0.25, 0.3) is 27.5 Å². The van der Waals surface area contributed by atoms with E-state index in [1.54, 1.807) is 48.0 Å². The highest BCUT2D eigenvalue weighted by atomic mass is 35.5. The lowest BCUT2D eigenvalue weighted by Crippen LogP contribution is -2.27. The fourth-order valence-electron chi connectivity index (χ4n) is 4.40. The minimum absolute atomic E-state index is 0.0770. The number of nitrogens with one attached hydrogen (secondary N) is 1. The Morgan fingerprint density at radius 2 is 1.62 bits per heavy atom. The van der Waals surface area contributed by atoms with Crippen LogP contribution in [0.5, 0.6) is 17.2 Å². The molecule has 9 nitrogen and oxygen atoms in total. The molecule has 0 bridgehead atoms. The number of carbonyl (C=O) groups is 1. The zero-order valence-corrected chi connectivity index (χ0v) is 21.3. The fourth-order valence-corrected chi connectivity index (χ4v) is 4.66. The summed E-state index contributed by atoms with van der Waals surface area (Å²) in [6.07, 6.45) is 0. The number of amides is 1. The normalized spacial score (nSPS) is 11.1. The van der Waals surface area contributed by atoms with E-state index < -0.39 is 11.5 Å². The number of hydrogen-bond donors (Lipinski definition) is 1. The quantitative estimate of drug-likeness (QED) is 0.346. The molecule has 0 fully saturated rings. The third-order valence-corrected chi connectivity index (χ3v) is 6.47. The molecule has 0 radical (unpaired) electrons. The Morgan fingerprint density at radius 3 is 2.32 bits per heavy atom. The van der Waals surface area contributed by atoms with Crippen molar-refractivity contribution in [2.75, 3.05) is 26.6 Å². The summed E-state index contributed by atoms with van der Waals surface area (Å²) in [5.74, 6) is 0.943. The van der Waals surface area contributed by atoms with Crippen LogP contribution < -0.4 is 25.1 Å². The molecule has 0 aliphatic rings. The maximum absolute atomic E-state index is 13.7. The molecule has 2 heterocycles. The molecule has 188 valence electrons. The summed E-state index contributed by atoms with van der Waals surface area (Å²) in [5, 5.41) is 8.90. The minimum atomic E-state index is -0.498. The molecule has 2 aromatic heterocycles. The Kier molecular flexibility index (Phi) is 6.22. The number of rotatable bonds is 6. The van der Waals surface area contributed by atoms with E-state index in [2.05, 4.69) is 10.4 Å². The molecule has 1 amide bonds. The monoisotopic (exact) mass is 518 g/mol. The average molecular weight is 519 g/mol. The summed E-state index contributed by atoms with van der Waals surface area (Å²) in [5.41, 5.74) is 1.68. The van der Waals surface area contributed by atoms with Gasteiger partial charge in [-0.2, -0.15) is 9.78 Å². The van der Waals surface area contributed by atoms with E-state index >= 15 is 0 Å². The molecule has 3 aromatic carbocycles. The molecule has 0 aliphatic carbocycles. The van der Waals surface area contributed by atoms with Crippen LogP contribution in [0.15, 0.2) is 65.5 Å². The number of aromatic nitrogens is 3. The summed E-state index contributed by atoms with van der Waals surface area (Å²) in [6.45, 7) is 0. The predicted octanol–water partition coefficient (Wildman–Crippen LogP) is 4.81. The van der Waals surface area contributed by atoms with Crippen molar-refractivity contribution in [3.05, 3.63) is 81.7 Å². The van der Waals surface area contributed by atoms with Gasteiger partial charge in [-0.05, 0) is 36.4 Å². The van der Waals surface area contributed by atoms with Crippen molar-refractivity contribution in [3.8, 4) is 22.9 Å². The van der Waals surface area contributed by atoms with Gasteiger partial charge in [-0.3, -0.25) is 9.59 Å². The van der Waals surface area contributed by atoms with E-state index in [4.69, 9.17) is 25.8 Å². The number of halogens is 1. The smallest absolute Gasteiger partial charge is 0.296 e. The summed E-state index contributed by atoms with van der Waals surface area (Å²) < 4.78 is 18.8. The van der Waals surface area contributed by atoms with Crippen molar-refractivity contribution in [3.63, 3.8) is 0 Å². The maximum Gasteiger partial charge on any atom is 0.296 e. The van der Waals surface area contributed by atoms with E-state index in [1.165, 1.54) is 26.0 Å². The predicted molar refractivity (Wildman–Crippen MR) is 143 cm³/mol. The molecular formula is C27H23ClN4O5. The zero-order valence-electron chi connectivity index (χ0n) is 20.5. The Hall–Kier alpha value is -4.50. The molecule has 10 heteroatoms. The summed E-state index contributed by atoms with van der Waals surface area (Å²) in [6, 6.07) is 17.4. The van der Waals surface area contributed by atoms with Crippen LogP contribution in [0.4, 0.5) is 5.69 Å². The van der Waals surface area contributed by atoms with Gasteiger partial charge in [-0.1, -0.05) is 29.8 Å². The zero-order chi connectivity index (χ0) is 26.3. The second-order valence-electron chi connectivity index (χ2n) is 8.21. The minimum Gasteiger partial charge on any atom is -0.495 e. The maximum atomic E-state index is 13.7. The number of carbonyl (C=O) groups excluding carboxylic acids is 1. The van der Waals surface area contributed by atoms with Crippen LogP contribution in [0.1, 0.15) is 10.5 Å². The van der Waals surface area contributed by atoms with Crippen LogP contribution in [-0.4, -0.2) is 41.6 Å². The lowest BCUT2D eigenvalue weighted by atomic mass is 10.1. The molecule has 0 spiro atoms. The molecule has 0 unspecified atom stereocenters. The van der Waals surface area contributed by atoms with Gasteiger partial charge < -0.3 is 24.1 Å². The van der Waals surface area contributed by atoms with Crippen molar-refractivity contribution in [2.45, 2.75) is 0 Å². The summed E-state index contributed by atoms with van der Waals surface area (Å²) >= 11 is 6.33. The highest BCUT2D eigenvalue weighted by molar-refractivity contribution is 6.32. The molecule has 0 saturated heterocycles. The molecular weight excluding hydrogens is 496 g/mol. The van der Waals surface area contributed by atoms with Gasteiger partial charge in [0, 0.05) is 35.1 Å². The first-order valence-corrected chi connectivity index (χ1v) is 11.6. The van der Waals surface area contributed by atoms with Crippen molar-refractivity contribution >= 4 is 45.0 Å². The van der Waals surface area contributed by atoms with Gasteiger partial charge in [0.15, 0.2) is 17.2 Å². The van der Waals surface area contributed by atoms with Gasteiger partial charge in [-0.25, -0.2) is 0 Å². The first kappa shape index (κ1) is 24.2. The van der Waals surface area contributed by atoms with Crippen molar-refractivity contribution < 1.29 is 19.0 Å². The van der Waals surface area contributed by atoms with E-state index in [9.17, 15) is 9.59 Å². The van der Waals surface area contributed by atoms with Gasteiger partial charge in [0.2, 0.25) is 0 Å². The van der Waals surface area contributed by atoms with Crippen molar-refractivity contribution in [1.82, 2.24) is 14.3 Å². The third-order valence-electron chi connectivity index (χ3n) is 6.18. The highest BCUT2D eigenvalue weighted by Gasteiger charge is 2.24. The standard InChI is InChI=1S/C27H23ClN4O5/c1-31-19-8-6-5-7-17(19)23-24(26(33)29-15-9-11-21(36-3)22(13-15)37-4)30-32(27(34)25(23)31)16-10-12-20(35-2)18(28)14-16/h5-14H,1-4H3,(H,29,33). The van der Waals surface area contributed by atoms with Gasteiger partial charge in [0.25, 0.3) is 11.5 Å². The molecule has 0 saturated carbocycles. The number of fused-ring (bicyclic) bond motifs is 3. The Balaban J connectivity index is 1.74. The second-order valence-corrected chi connectivity index (χ2v) is 8.62. The Labute approximate surface area is 216 Å². The largest absolute Gasteiger partial charge is 0.495 e. The Morgan fingerprint density at radius 1 is 0.919 bits per heavy atom. The number of aryl methyl sites for hydroxylation is 1. The molecule has 0 aliphatic heterocycles. The van der Waals surface area contributed by atoms with E-state index in [-0.39, 0.29) is 5.69 Å². The molecule has 5 rings (SSSR count). The number of para-hydroxylation sites is 1. The first-order valence-electron chi connectivity index (χ1n) is 11.3. The van der Waals surface area contributed by atoms with Crippen LogP contribution in [-0.2, 0) is 7.05 Å². The summed E-state index contributed by atoms with van der Waals surface area (Å²) in [4.78, 5) is 27.4. The van der Waals surface area contributed by atoms with E-state index in [1.807, 2.05) is 24.3 Å². The van der Waals surface area contributed by atoms with Crippen LogP contribution in [0, 0.1) is 0 Å². The third kappa shape index (κ3) is 4.03. The SMILES string of the molecule is COc1ccc(-n2nc(C(=O)Nc3ccc(OC)c(OC)c3)c3c4ccccc4n(C)c3c2=O)cc1Cl. The van der Waals surface area contributed by atoms with Crippen LogP contribution in [0.3, 0.4) is 0 Å². The lowest BCUT2D eigenvalue weighted by molar-refractivity contribution is 0.102. The first-order chi connectivity index (χ1) is 17.9. The van der Waals surface area contributed by atoms with Gasteiger partial charge >= 0.3 is 0 Å². The molecule has 37 heavy (non-hydrogen) atoms. The number of ether oxygens (including phenoxy) is 3. The van der Waals surface area contributed by atoms with Gasteiger partial charge in [-0.15, -0.1) is 0 Å². The Bertz CT molecular complexity index is 1740. The van der Waals surface area contributed by atoms with Crippen molar-refractivity contribution in [1.29, 1.82) is 0 Å².